The molecule has 19 heavy (non-hydrogen) atoms. The number of anilines is 1. The van der Waals surface area contributed by atoms with E-state index in [-0.39, 0.29) is 11.8 Å². The summed E-state index contributed by atoms with van der Waals surface area (Å²) in [5.74, 6) is -1.42. The summed E-state index contributed by atoms with van der Waals surface area (Å²) in [5.41, 5.74) is 2.03. The number of para-hydroxylation sites is 1. The number of benzene rings is 1. The maximum absolute atomic E-state index is 12.1. The summed E-state index contributed by atoms with van der Waals surface area (Å²) >= 11 is 0. The van der Waals surface area contributed by atoms with Crippen molar-refractivity contribution in [2.75, 3.05) is 5.32 Å². The summed E-state index contributed by atoms with van der Waals surface area (Å²) in [7, 11) is 0. The molecule has 0 saturated heterocycles. The van der Waals surface area contributed by atoms with Gasteiger partial charge in [0.1, 0.15) is 12.1 Å². The number of carboxylic acids is 1. The molecule has 1 aromatic carbocycles. The predicted molar refractivity (Wildman–Crippen MR) is 72.0 cm³/mol. The third kappa shape index (κ3) is 2.86. The molecule has 5 nitrogen and oxygen atoms in total. The zero-order chi connectivity index (χ0) is 14.0. The Hall–Kier alpha value is -2.04. The largest absolute Gasteiger partial charge is 0.480 e. The number of carbonyl (C=O) groups is 2. The molecule has 0 aliphatic carbocycles. The normalized spacial score (nSPS) is 18.6. The number of carbonyl (C=O) groups excluding carboxylic acids is 1. The van der Waals surface area contributed by atoms with Crippen LogP contribution in [0.15, 0.2) is 24.3 Å². The van der Waals surface area contributed by atoms with Gasteiger partial charge in [-0.2, -0.15) is 0 Å². The summed E-state index contributed by atoms with van der Waals surface area (Å²) in [4.78, 5) is 23.2. The second-order valence-electron chi connectivity index (χ2n) is 5.13. The second-order valence-corrected chi connectivity index (χ2v) is 5.13. The molecule has 2 atom stereocenters. The molecule has 0 radical (unpaired) electrons. The Morgan fingerprint density at radius 3 is 2.63 bits per heavy atom. The maximum Gasteiger partial charge on any atom is 0.326 e. The fraction of sp³-hybridized carbons (Fsp3) is 0.429. The molecular formula is C14H18N2O3. The maximum atomic E-state index is 12.1. The highest BCUT2D eigenvalue weighted by molar-refractivity contribution is 5.90. The van der Waals surface area contributed by atoms with E-state index in [0.717, 1.165) is 11.3 Å². The van der Waals surface area contributed by atoms with E-state index >= 15 is 0 Å². The van der Waals surface area contributed by atoms with E-state index < -0.39 is 18.1 Å². The Kier molecular flexibility index (Phi) is 3.74. The third-order valence-corrected chi connectivity index (χ3v) is 3.32. The molecule has 3 N–H and O–H groups in total. The first-order chi connectivity index (χ1) is 8.99. The number of nitrogens with one attached hydrogen (secondary N) is 2. The Morgan fingerprint density at radius 1 is 1.37 bits per heavy atom. The summed E-state index contributed by atoms with van der Waals surface area (Å²) in [6, 6.07) is 6.47. The molecule has 102 valence electrons. The molecule has 0 aromatic heterocycles. The van der Waals surface area contributed by atoms with Crippen molar-refractivity contribution in [3.05, 3.63) is 29.8 Å². The Bertz CT molecular complexity index is 474. The van der Waals surface area contributed by atoms with Crippen molar-refractivity contribution >= 4 is 17.6 Å². The fourth-order valence-electron chi connectivity index (χ4n) is 2.22. The summed E-state index contributed by atoms with van der Waals surface area (Å²) in [6.45, 7) is 3.55. The molecule has 1 aliphatic heterocycles. The molecule has 0 fully saturated rings. The first-order valence-electron chi connectivity index (χ1n) is 6.36. The van der Waals surface area contributed by atoms with Gasteiger partial charge >= 0.3 is 5.97 Å². The number of hydrogen-bond acceptors (Lipinski definition) is 3. The van der Waals surface area contributed by atoms with Gasteiger partial charge in [0, 0.05) is 12.1 Å². The molecule has 2 rings (SSSR count). The zero-order valence-corrected chi connectivity index (χ0v) is 11.0. The number of rotatable bonds is 4. The predicted octanol–water partition coefficient (Wildman–Crippen LogP) is 1.25. The minimum atomic E-state index is -1.00. The molecule has 0 saturated carbocycles. The lowest BCUT2D eigenvalue weighted by molar-refractivity contribution is -0.143. The number of hydrogen-bond donors (Lipinski definition) is 3. The van der Waals surface area contributed by atoms with Gasteiger partial charge in [0.15, 0.2) is 0 Å². The van der Waals surface area contributed by atoms with Crippen LogP contribution in [-0.4, -0.2) is 29.1 Å². The number of amides is 1. The highest BCUT2D eigenvalue weighted by Crippen LogP contribution is 2.25. The SMILES string of the molecule is CC(C)C(NC(=O)[C@@H]1Cc2ccccc2N1)C(=O)O. The van der Waals surface area contributed by atoms with Gasteiger partial charge in [0.05, 0.1) is 0 Å². The first kappa shape index (κ1) is 13.4. The lowest BCUT2D eigenvalue weighted by Crippen LogP contribution is -2.49. The Labute approximate surface area is 112 Å². The van der Waals surface area contributed by atoms with Crippen molar-refractivity contribution in [1.29, 1.82) is 0 Å². The van der Waals surface area contributed by atoms with Gasteiger partial charge in [-0.15, -0.1) is 0 Å². The van der Waals surface area contributed by atoms with Crippen LogP contribution in [0.1, 0.15) is 19.4 Å². The van der Waals surface area contributed by atoms with Crippen LogP contribution in [0.2, 0.25) is 0 Å². The highest BCUT2D eigenvalue weighted by Gasteiger charge is 2.30. The molecule has 1 aliphatic rings. The molecule has 1 heterocycles. The monoisotopic (exact) mass is 262 g/mol. The fourth-order valence-corrected chi connectivity index (χ4v) is 2.22. The Morgan fingerprint density at radius 2 is 2.05 bits per heavy atom. The lowest BCUT2D eigenvalue weighted by Gasteiger charge is -2.20. The van der Waals surface area contributed by atoms with E-state index in [2.05, 4.69) is 10.6 Å². The van der Waals surface area contributed by atoms with Crippen molar-refractivity contribution in [1.82, 2.24) is 5.32 Å². The Balaban J connectivity index is 2.01. The standard InChI is InChI=1S/C14H18N2O3/c1-8(2)12(14(18)19)16-13(17)11-7-9-5-3-4-6-10(9)15-11/h3-6,8,11-12,15H,7H2,1-2H3,(H,16,17)(H,18,19)/t11-,12?/m0/s1. The molecule has 0 bridgehead atoms. The van der Waals surface area contributed by atoms with Crippen LogP contribution < -0.4 is 10.6 Å². The molecule has 1 unspecified atom stereocenters. The molecule has 5 heteroatoms. The molecular weight excluding hydrogens is 244 g/mol. The van der Waals surface area contributed by atoms with Crippen molar-refractivity contribution in [3.63, 3.8) is 0 Å². The van der Waals surface area contributed by atoms with E-state index in [1.165, 1.54) is 0 Å². The molecule has 1 amide bonds. The van der Waals surface area contributed by atoms with E-state index in [1.54, 1.807) is 13.8 Å². The third-order valence-electron chi connectivity index (χ3n) is 3.32. The lowest BCUT2D eigenvalue weighted by atomic mass is 10.0. The van der Waals surface area contributed by atoms with E-state index in [1.807, 2.05) is 24.3 Å². The number of aliphatic carboxylic acids is 1. The smallest absolute Gasteiger partial charge is 0.326 e. The van der Waals surface area contributed by atoms with Gasteiger partial charge in [0.2, 0.25) is 5.91 Å². The minimum absolute atomic E-state index is 0.148. The van der Waals surface area contributed by atoms with Gasteiger partial charge in [-0.25, -0.2) is 4.79 Å². The summed E-state index contributed by atoms with van der Waals surface area (Å²) in [5, 5.41) is 14.8. The van der Waals surface area contributed by atoms with Gasteiger partial charge in [-0.1, -0.05) is 32.0 Å². The van der Waals surface area contributed by atoms with Gasteiger partial charge in [0.25, 0.3) is 0 Å². The molecule has 1 aromatic rings. The van der Waals surface area contributed by atoms with Crippen molar-refractivity contribution < 1.29 is 14.7 Å². The quantitative estimate of drug-likeness (QED) is 0.763. The average molecular weight is 262 g/mol. The van der Waals surface area contributed by atoms with Gasteiger partial charge < -0.3 is 15.7 Å². The van der Waals surface area contributed by atoms with Crippen molar-refractivity contribution in [3.8, 4) is 0 Å². The zero-order valence-electron chi connectivity index (χ0n) is 11.0. The van der Waals surface area contributed by atoms with E-state index in [9.17, 15) is 9.59 Å². The highest BCUT2D eigenvalue weighted by atomic mass is 16.4. The van der Waals surface area contributed by atoms with Crippen LogP contribution in [0, 0.1) is 5.92 Å². The number of fused-ring (bicyclic) bond motifs is 1. The second kappa shape index (κ2) is 5.30. The average Bonchev–Trinajstić information content (AvgIpc) is 2.78. The molecule has 0 spiro atoms. The van der Waals surface area contributed by atoms with Crippen molar-refractivity contribution in [2.24, 2.45) is 5.92 Å². The summed E-state index contributed by atoms with van der Waals surface area (Å²) in [6.07, 6.45) is 0.590. The van der Waals surface area contributed by atoms with E-state index in [0.29, 0.717) is 6.42 Å². The van der Waals surface area contributed by atoms with Crippen LogP contribution in [0.5, 0.6) is 0 Å². The topological polar surface area (TPSA) is 78.4 Å². The summed E-state index contributed by atoms with van der Waals surface area (Å²) < 4.78 is 0. The van der Waals surface area contributed by atoms with Crippen LogP contribution in [0.3, 0.4) is 0 Å². The van der Waals surface area contributed by atoms with Gasteiger partial charge in [-0.05, 0) is 17.5 Å². The van der Waals surface area contributed by atoms with E-state index in [4.69, 9.17) is 5.11 Å². The minimum Gasteiger partial charge on any atom is -0.480 e. The van der Waals surface area contributed by atoms with Crippen LogP contribution in [0.25, 0.3) is 0 Å². The van der Waals surface area contributed by atoms with Crippen LogP contribution in [-0.2, 0) is 16.0 Å². The van der Waals surface area contributed by atoms with Crippen LogP contribution in [0.4, 0.5) is 5.69 Å². The van der Waals surface area contributed by atoms with Crippen LogP contribution >= 0.6 is 0 Å². The van der Waals surface area contributed by atoms with Crippen molar-refractivity contribution in [2.45, 2.75) is 32.4 Å². The van der Waals surface area contributed by atoms with Gasteiger partial charge in [-0.3, -0.25) is 4.79 Å². The first-order valence-corrected chi connectivity index (χ1v) is 6.36. The number of carboxylic acid groups (broad SMARTS) is 1.